The molecule has 3 nitrogen and oxygen atoms in total. The molecule has 104 valence electrons. The van der Waals surface area contributed by atoms with Gasteiger partial charge in [0.05, 0.1) is 5.56 Å². The van der Waals surface area contributed by atoms with Gasteiger partial charge in [0.1, 0.15) is 5.75 Å². The average Bonchev–Trinajstić information content (AvgIpc) is 2.49. The molecule has 2 aromatic carbocycles. The van der Waals surface area contributed by atoms with Crippen LogP contribution in [0.15, 0.2) is 54.6 Å². The Hall–Kier alpha value is -2.29. The summed E-state index contributed by atoms with van der Waals surface area (Å²) < 4.78 is 0. The summed E-state index contributed by atoms with van der Waals surface area (Å²) in [5, 5.41) is 12.5. The second-order valence-electron chi connectivity index (χ2n) is 4.74. The summed E-state index contributed by atoms with van der Waals surface area (Å²) >= 11 is 0. The first-order valence-corrected chi connectivity index (χ1v) is 6.83. The molecule has 0 radical (unpaired) electrons. The van der Waals surface area contributed by atoms with Gasteiger partial charge in [-0.15, -0.1) is 0 Å². The fourth-order valence-corrected chi connectivity index (χ4v) is 2.20. The maximum absolute atomic E-state index is 12.0. The highest BCUT2D eigenvalue weighted by atomic mass is 16.3. The molecule has 2 N–H and O–H groups in total. The lowest BCUT2D eigenvalue weighted by atomic mass is 9.96. The average molecular weight is 269 g/mol. The lowest BCUT2D eigenvalue weighted by molar-refractivity contribution is 0.0948. The van der Waals surface area contributed by atoms with Gasteiger partial charge >= 0.3 is 0 Å². The number of phenols is 1. The van der Waals surface area contributed by atoms with Gasteiger partial charge in [0.15, 0.2) is 0 Å². The summed E-state index contributed by atoms with van der Waals surface area (Å²) in [6.07, 6.45) is 0.949. The van der Waals surface area contributed by atoms with Crippen molar-refractivity contribution in [3.05, 3.63) is 65.7 Å². The first-order chi connectivity index (χ1) is 9.72. The van der Waals surface area contributed by atoms with E-state index in [0.29, 0.717) is 12.1 Å². The predicted octanol–water partition coefficient (Wildman–Crippen LogP) is 3.32. The van der Waals surface area contributed by atoms with E-state index in [1.165, 1.54) is 11.6 Å². The summed E-state index contributed by atoms with van der Waals surface area (Å²) in [4.78, 5) is 12.0. The predicted molar refractivity (Wildman–Crippen MR) is 79.9 cm³/mol. The molecule has 0 aliphatic heterocycles. The van der Waals surface area contributed by atoms with E-state index in [1.54, 1.807) is 18.2 Å². The molecule has 2 aromatic rings. The van der Waals surface area contributed by atoms with Crippen LogP contribution in [0.4, 0.5) is 0 Å². The molecule has 0 saturated carbocycles. The van der Waals surface area contributed by atoms with Crippen LogP contribution in [0.5, 0.6) is 5.75 Å². The van der Waals surface area contributed by atoms with Gasteiger partial charge in [0.2, 0.25) is 0 Å². The molecule has 1 amide bonds. The van der Waals surface area contributed by atoms with Crippen LogP contribution in [0.3, 0.4) is 0 Å². The van der Waals surface area contributed by atoms with Gasteiger partial charge in [0.25, 0.3) is 5.91 Å². The van der Waals surface area contributed by atoms with Crippen molar-refractivity contribution >= 4 is 5.91 Å². The van der Waals surface area contributed by atoms with Crippen molar-refractivity contribution in [2.24, 2.45) is 0 Å². The van der Waals surface area contributed by atoms with Gasteiger partial charge in [-0.25, -0.2) is 0 Å². The number of benzene rings is 2. The molecule has 0 fully saturated rings. The topological polar surface area (TPSA) is 49.3 Å². The molecule has 20 heavy (non-hydrogen) atoms. The van der Waals surface area contributed by atoms with Crippen molar-refractivity contribution < 1.29 is 9.90 Å². The van der Waals surface area contributed by atoms with Gasteiger partial charge in [-0.1, -0.05) is 49.4 Å². The molecule has 1 atom stereocenters. The molecule has 0 bridgehead atoms. The van der Waals surface area contributed by atoms with Crippen LogP contribution >= 0.6 is 0 Å². The van der Waals surface area contributed by atoms with Crippen LogP contribution in [0.2, 0.25) is 0 Å². The minimum atomic E-state index is -0.238. The Balaban J connectivity index is 2.01. The van der Waals surface area contributed by atoms with Crippen molar-refractivity contribution in [2.75, 3.05) is 6.54 Å². The molecular weight excluding hydrogens is 250 g/mol. The number of carbonyl (C=O) groups is 1. The number of carbonyl (C=O) groups excluding carboxylic acids is 1. The number of hydrogen-bond acceptors (Lipinski definition) is 2. The maximum Gasteiger partial charge on any atom is 0.255 e. The van der Waals surface area contributed by atoms with E-state index in [1.807, 2.05) is 18.2 Å². The van der Waals surface area contributed by atoms with Crippen LogP contribution < -0.4 is 5.32 Å². The molecule has 2 rings (SSSR count). The Morgan fingerprint density at radius 2 is 1.75 bits per heavy atom. The van der Waals surface area contributed by atoms with Crippen LogP contribution in [0.25, 0.3) is 0 Å². The third kappa shape index (κ3) is 3.38. The highest BCUT2D eigenvalue weighted by Crippen LogP contribution is 2.19. The molecule has 1 unspecified atom stereocenters. The summed E-state index contributed by atoms with van der Waals surface area (Å²) in [6.45, 7) is 2.66. The van der Waals surface area contributed by atoms with Crippen molar-refractivity contribution in [3.8, 4) is 5.75 Å². The summed E-state index contributed by atoms with van der Waals surface area (Å²) in [7, 11) is 0. The van der Waals surface area contributed by atoms with Crippen molar-refractivity contribution in [3.63, 3.8) is 0 Å². The normalized spacial score (nSPS) is 11.8. The Morgan fingerprint density at radius 3 is 2.40 bits per heavy atom. The number of para-hydroxylation sites is 1. The monoisotopic (exact) mass is 269 g/mol. The number of aromatic hydroxyl groups is 1. The zero-order valence-corrected chi connectivity index (χ0v) is 11.5. The molecular formula is C17H19NO2. The van der Waals surface area contributed by atoms with E-state index in [2.05, 4.69) is 24.4 Å². The van der Waals surface area contributed by atoms with E-state index < -0.39 is 0 Å². The van der Waals surface area contributed by atoms with Crippen LogP contribution in [-0.2, 0) is 0 Å². The number of hydrogen-bond donors (Lipinski definition) is 2. The second kappa shape index (κ2) is 6.75. The zero-order chi connectivity index (χ0) is 14.4. The minimum Gasteiger partial charge on any atom is -0.507 e. The van der Waals surface area contributed by atoms with Gasteiger partial charge in [-0.3, -0.25) is 4.79 Å². The van der Waals surface area contributed by atoms with Gasteiger partial charge < -0.3 is 10.4 Å². The quantitative estimate of drug-likeness (QED) is 0.874. The number of nitrogens with one attached hydrogen (secondary N) is 1. The minimum absolute atomic E-state index is 0.0118. The van der Waals surface area contributed by atoms with Crippen LogP contribution in [0.1, 0.15) is 35.2 Å². The fourth-order valence-electron chi connectivity index (χ4n) is 2.20. The largest absolute Gasteiger partial charge is 0.507 e. The lowest BCUT2D eigenvalue weighted by Crippen LogP contribution is -2.28. The molecule has 0 aliphatic carbocycles. The van der Waals surface area contributed by atoms with Crippen LogP contribution in [0, 0.1) is 0 Å². The number of phenolic OH excluding ortho intramolecular Hbond substituents is 1. The maximum atomic E-state index is 12.0. The second-order valence-corrected chi connectivity index (χ2v) is 4.74. The van der Waals surface area contributed by atoms with Crippen LogP contribution in [-0.4, -0.2) is 17.6 Å². The van der Waals surface area contributed by atoms with E-state index in [-0.39, 0.29) is 17.6 Å². The van der Waals surface area contributed by atoms with E-state index in [0.717, 1.165) is 6.42 Å². The van der Waals surface area contributed by atoms with E-state index in [9.17, 15) is 9.90 Å². The van der Waals surface area contributed by atoms with Crippen molar-refractivity contribution in [2.45, 2.75) is 19.3 Å². The fraction of sp³-hybridized carbons (Fsp3) is 0.235. The van der Waals surface area contributed by atoms with Gasteiger partial charge in [-0.2, -0.15) is 0 Å². The van der Waals surface area contributed by atoms with Gasteiger partial charge in [-0.05, 0) is 24.1 Å². The smallest absolute Gasteiger partial charge is 0.255 e. The summed E-state index contributed by atoms with van der Waals surface area (Å²) in [6, 6.07) is 16.7. The Kier molecular flexibility index (Phi) is 4.77. The molecule has 0 heterocycles. The third-order valence-electron chi connectivity index (χ3n) is 3.42. The summed E-state index contributed by atoms with van der Waals surface area (Å²) in [5.41, 5.74) is 1.53. The van der Waals surface area contributed by atoms with E-state index in [4.69, 9.17) is 0 Å². The summed E-state index contributed by atoms with van der Waals surface area (Å²) in [5.74, 6) is 0.0567. The Labute approximate surface area is 119 Å². The Bertz CT molecular complexity index is 566. The number of rotatable bonds is 5. The Morgan fingerprint density at radius 1 is 1.10 bits per heavy atom. The van der Waals surface area contributed by atoms with Crippen molar-refractivity contribution in [1.82, 2.24) is 5.32 Å². The zero-order valence-electron chi connectivity index (χ0n) is 11.5. The SMILES string of the molecule is CCC(CNC(=O)c1ccccc1O)c1ccccc1. The van der Waals surface area contributed by atoms with Gasteiger partial charge in [0, 0.05) is 12.5 Å². The molecule has 0 aliphatic rings. The standard InChI is InChI=1S/C17H19NO2/c1-2-13(14-8-4-3-5-9-14)12-18-17(20)15-10-6-7-11-16(15)19/h3-11,13,19H,2,12H2,1H3,(H,18,20). The highest BCUT2D eigenvalue weighted by Gasteiger charge is 2.13. The molecule has 0 saturated heterocycles. The highest BCUT2D eigenvalue weighted by molar-refractivity contribution is 5.96. The molecule has 0 spiro atoms. The van der Waals surface area contributed by atoms with E-state index >= 15 is 0 Å². The first-order valence-electron chi connectivity index (χ1n) is 6.83. The first kappa shape index (κ1) is 14.1. The number of amides is 1. The van der Waals surface area contributed by atoms with Crippen molar-refractivity contribution in [1.29, 1.82) is 0 Å². The molecule has 0 aromatic heterocycles. The third-order valence-corrected chi connectivity index (χ3v) is 3.42. The molecule has 3 heteroatoms. The lowest BCUT2D eigenvalue weighted by Gasteiger charge is -2.16.